The van der Waals surface area contributed by atoms with E-state index in [9.17, 15) is 0 Å². The first-order chi connectivity index (χ1) is 19.5. The summed E-state index contributed by atoms with van der Waals surface area (Å²) in [5.41, 5.74) is 2.95. The number of hydrogen-bond acceptors (Lipinski definition) is 2. The lowest BCUT2D eigenvalue weighted by Gasteiger charge is -2.21. The van der Waals surface area contributed by atoms with Crippen LogP contribution in [0.25, 0.3) is 21.5 Å². The Balaban J connectivity index is 1.65. The van der Waals surface area contributed by atoms with Crippen molar-refractivity contribution in [2.75, 3.05) is 39.3 Å². The number of nitrogens with zero attached hydrogens (tertiary/aromatic N) is 2. The van der Waals surface area contributed by atoms with Gasteiger partial charge in [0.1, 0.15) is 0 Å². The molecule has 3 rings (SSSR count). The van der Waals surface area contributed by atoms with Crippen molar-refractivity contribution in [2.24, 2.45) is 11.8 Å². The molecule has 2 nitrogen and oxygen atoms in total. The average Bonchev–Trinajstić information content (AvgIpc) is 2.96. The largest absolute Gasteiger partial charge is 0.296 e. The topological polar surface area (TPSA) is 6.48 Å². The minimum Gasteiger partial charge on any atom is -0.296 e. The zero-order valence-corrected chi connectivity index (χ0v) is 25.3. The molecule has 0 heterocycles. The lowest BCUT2D eigenvalue weighted by Crippen LogP contribution is -2.26. The maximum atomic E-state index is 3.90. The third-order valence-electron chi connectivity index (χ3n) is 8.30. The summed E-state index contributed by atoms with van der Waals surface area (Å²) in [6, 6.07) is 18.6. The van der Waals surface area contributed by atoms with Crippen LogP contribution in [0.3, 0.4) is 0 Å². The molecule has 0 amide bonds. The number of rotatable bonds is 20. The zero-order valence-electron chi connectivity index (χ0n) is 25.3. The summed E-state index contributed by atoms with van der Waals surface area (Å²) in [7, 11) is 0. The van der Waals surface area contributed by atoms with Crippen LogP contribution in [0.1, 0.15) is 50.7 Å². The molecule has 2 unspecified atom stereocenters. The van der Waals surface area contributed by atoms with Crippen LogP contribution in [0.4, 0.5) is 0 Å². The van der Waals surface area contributed by atoms with Gasteiger partial charge in [-0.1, -0.05) is 74.5 Å². The summed E-state index contributed by atoms with van der Waals surface area (Å²) in [4.78, 5) is 4.83. The Bertz CT molecular complexity index is 1120. The molecule has 0 aliphatic heterocycles. The van der Waals surface area contributed by atoms with Crippen LogP contribution < -0.4 is 0 Å². The fourth-order valence-corrected chi connectivity index (χ4v) is 5.76. The van der Waals surface area contributed by atoms with Crippen molar-refractivity contribution in [1.29, 1.82) is 0 Å². The van der Waals surface area contributed by atoms with E-state index < -0.39 is 0 Å². The van der Waals surface area contributed by atoms with E-state index in [0.717, 1.165) is 52.1 Å². The van der Waals surface area contributed by atoms with Gasteiger partial charge in [0.2, 0.25) is 0 Å². The molecule has 0 radical (unpaired) electrons. The van der Waals surface area contributed by atoms with E-state index >= 15 is 0 Å². The molecular weight excluding hydrogens is 484 g/mol. The number of hydrogen-bond donors (Lipinski definition) is 0. The molecule has 0 fully saturated rings. The Morgan fingerprint density at radius 2 is 0.950 bits per heavy atom. The molecule has 2 heteroatoms. The van der Waals surface area contributed by atoms with Crippen molar-refractivity contribution in [3.05, 3.63) is 110 Å². The van der Waals surface area contributed by atoms with Crippen LogP contribution in [0, 0.1) is 11.8 Å². The highest BCUT2D eigenvalue weighted by atomic mass is 15.1. The van der Waals surface area contributed by atoms with Crippen LogP contribution in [0.2, 0.25) is 0 Å². The highest BCUT2D eigenvalue weighted by Gasteiger charge is 2.12. The third-order valence-corrected chi connectivity index (χ3v) is 8.30. The minimum absolute atomic E-state index is 0.682. The van der Waals surface area contributed by atoms with Gasteiger partial charge in [-0.25, -0.2) is 0 Å². The van der Waals surface area contributed by atoms with Crippen molar-refractivity contribution in [1.82, 2.24) is 9.80 Å². The van der Waals surface area contributed by atoms with E-state index in [1.54, 1.807) is 0 Å². The highest BCUT2D eigenvalue weighted by Crippen LogP contribution is 2.30. The monoisotopic (exact) mass is 536 g/mol. The molecule has 214 valence electrons. The van der Waals surface area contributed by atoms with E-state index in [2.05, 4.69) is 98.5 Å². The van der Waals surface area contributed by atoms with E-state index in [-0.39, 0.29) is 0 Å². The molecule has 0 aliphatic rings. The molecular formula is C38H52N2. The SMILES string of the molecule is C=CCN(CC=C)CCC(C)CCc1cccc2cc3c(CCC(C)CCN(CC=C)CC=C)cccc3cc12. The standard InChI is InChI=1S/C38H52N2/c1-7-23-39(24-8-2)27-21-31(5)17-19-33-13-11-15-35-30-38-34(14-12-16-36(38)29-37(33)35)20-18-32(6)22-28-40(25-9-3)26-10-4/h7-16,29-32H,1-4,17-28H2,5-6H3. The minimum atomic E-state index is 0.682. The Morgan fingerprint density at radius 3 is 1.30 bits per heavy atom. The number of fused-ring (bicyclic) bond motifs is 2. The van der Waals surface area contributed by atoms with Crippen molar-refractivity contribution in [3.63, 3.8) is 0 Å². The molecule has 0 saturated heterocycles. The van der Waals surface area contributed by atoms with E-state index in [1.165, 1.54) is 58.4 Å². The molecule has 3 aromatic carbocycles. The van der Waals surface area contributed by atoms with E-state index in [0.29, 0.717) is 11.8 Å². The second-order valence-electron chi connectivity index (χ2n) is 11.7. The summed E-state index contributed by atoms with van der Waals surface area (Å²) in [5.74, 6) is 1.36. The summed E-state index contributed by atoms with van der Waals surface area (Å²) >= 11 is 0. The van der Waals surface area contributed by atoms with Crippen molar-refractivity contribution in [3.8, 4) is 0 Å². The molecule has 40 heavy (non-hydrogen) atoms. The quantitative estimate of drug-likeness (QED) is 0.105. The molecule has 0 saturated carbocycles. The normalized spacial score (nSPS) is 13.1. The summed E-state index contributed by atoms with van der Waals surface area (Å²) in [6.07, 6.45) is 15.0. The Hall–Kier alpha value is -2.94. The van der Waals surface area contributed by atoms with Crippen LogP contribution in [-0.4, -0.2) is 49.1 Å². The first-order valence-electron chi connectivity index (χ1n) is 15.3. The van der Waals surface area contributed by atoms with Crippen LogP contribution >= 0.6 is 0 Å². The molecule has 2 atom stereocenters. The zero-order chi connectivity index (χ0) is 28.7. The second kappa shape index (κ2) is 17.0. The molecule has 0 aromatic heterocycles. The highest BCUT2D eigenvalue weighted by molar-refractivity contribution is 6.01. The molecule has 3 aromatic rings. The predicted octanol–water partition coefficient (Wildman–Crippen LogP) is 9.26. The number of aryl methyl sites for hydroxylation is 2. The molecule has 0 spiro atoms. The van der Waals surface area contributed by atoms with E-state index in [4.69, 9.17) is 0 Å². The average molecular weight is 537 g/mol. The second-order valence-corrected chi connectivity index (χ2v) is 11.7. The lowest BCUT2D eigenvalue weighted by molar-refractivity contribution is 0.300. The van der Waals surface area contributed by atoms with Gasteiger partial charge < -0.3 is 0 Å². The smallest absolute Gasteiger partial charge is 0.0163 e. The third kappa shape index (κ3) is 9.61. The van der Waals surface area contributed by atoms with Crippen LogP contribution in [0.15, 0.2) is 99.2 Å². The van der Waals surface area contributed by atoms with Gasteiger partial charge in [0.05, 0.1) is 0 Å². The molecule has 0 N–H and O–H groups in total. The van der Waals surface area contributed by atoms with Crippen molar-refractivity contribution in [2.45, 2.75) is 52.4 Å². The fraction of sp³-hybridized carbons (Fsp3) is 0.421. The first-order valence-corrected chi connectivity index (χ1v) is 15.3. The molecule has 0 aliphatic carbocycles. The van der Waals surface area contributed by atoms with Gasteiger partial charge in [0, 0.05) is 26.2 Å². The summed E-state index contributed by atoms with van der Waals surface area (Å²) in [5, 5.41) is 5.56. The van der Waals surface area contributed by atoms with Crippen molar-refractivity contribution >= 4 is 21.5 Å². The van der Waals surface area contributed by atoms with Gasteiger partial charge in [0.25, 0.3) is 0 Å². The van der Waals surface area contributed by atoms with Gasteiger partial charge in [-0.3, -0.25) is 9.80 Å². The Labute approximate surface area is 244 Å². The van der Waals surface area contributed by atoms with Gasteiger partial charge >= 0.3 is 0 Å². The van der Waals surface area contributed by atoms with Crippen LogP contribution in [-0.2, 0) is 12.8 Å². The lowest BCUT2D eigenvalue weighted by atomic mass is 9.91. The van der Waals surface area contributed by atoms with Gasteiger partial charge in [-0.2, -0.15) is 0 Å². The van der Waals surface area contributed by atoms with Gasteiger partial charge in [-0.05, 0) is 108 Å². The Kier molecular flexibility index (Phi) is 13.4. The summed E-state index contributed by atoms with van der Waals surface area (Å²) in [6.45, 7) is 26.3. The molecule has 0 bridgehead atoms. The predicted molar refractivity (Wildman–Crippen MR) is 179 cm³/mol. The fourth-order valence-electron chi connectivity index (χ4n) is 5.76. The Morgan fingerprint density at radius 1 is 0.575 bits per heavy atom. The first kappa shape index (κ1) is 31.6. The maximum absolute atomic E-state index is 3.90. The maximum Gasteiger partial charge on any atom is 0.0163 e. The summed E-state index contributed by atoms with van der Waals surface area (Å²) < 4.78 is 0. The van der Waals surface area contributed by atoms with Gasteiger partial charge in [-0.15, -0.1) is 26.3 Å². The van der Waals surface area contributed by atoms with Crippen LogP contribution in [0.5, 0.6) is 0 Å². The number of benzene rings is 3. The van der Waals surface area contributed by atoms with E-state index in [1.807, 2.05) is 24.3 Å². The van der Waals surface area contributed by atoms with Gasteiger partial charge in [0.15, 0.2) is 0 Å². The van der Waals surface area contributed by atoms with Crippen molar-refractivity contribution < 1.29 is 0 Å².